The minimum absolute atomic E-state index is 0.00432. The van der Waals surface area contributed by atoms with E-state index in [4.69, 9.17) is 11.2 Å². The minimum atomic E-state index is -4.83. The number of hydrogen-bond donors (Lipinski definition) is 2. The van der Waals surface area contributed by atoms with Gasteiger partial charge in [0, 0.05) is 37.0 Å². The Hall–Kier alpha value is -4.54. The van der Waals surface area contributed by atoms with E-state index in [-0.39, 0.29) is 54.1 Å². The summed E-state index contributed by atoms with van der Waals surface area (Å²) in [6.07, 6.45) is 1.85. The second kappa shape index (κ2) is 15.0. The second-order valence-electron chi connectivity index (χ2n) is 13.8. The molecule has 2 saturated heterocycles. The smallest absolute Gasteiger partial charge is 0.416 e. The van der Waals surface area contributed by atoms with Crippen LogP contribution in [0.5, 0.6) is 0 Å². The van der Waals surface area contributed by atoms with E-state index in [1.165, 1.54) is 24.3 Å². The van der Waals surface area contributed by atoms with Crippen LogP contribution >= 0.6 is 0 Å². The zero-order valence-electron chi connectivity index (χ0n) is 28.7. The summed E-state index contributed by atoms with van der Waals surface area (Å²) in [5.41, 5.74) is -0.910. The molecule has 272 valence electrons. The molecular formula is C38H40F5N3O5. The minimum Gasteiger partial charge on any atom is -0.481 e. The lowest BCUT2D eigenvalue weighted by atomic mass is 9.90. The van der Waals surface area contributed by atoms with Crippen molar-refractivity contribution in [3.05, 3.63) is 91.9 Å². The van der Waals surface area contributed by atoms with E-state index in [1.807, 2.05) is 0 Å². The Morgan fingerprint density at radius 3 is 2.35 bits per heavy atom. The molecule has 13 heteroatoms. The summed E-state index contributed by atoms with van der Waals surface area (Å²) in [6, 6.07) is 3.00. The quantitative estimate of drug-likeness (QED) is 0.168. The normalized spacial score (nSPS) is 18.5. The van der Waals surface area contributed by atoms with Crippen molar-refractivity contribution in [2.45, 2.75) is 83.8 Å². The van der Waals surface area contributed by atoms with Gasteiger partial charge in [0.1, 0.15) is 17.7 Å². The van der Waals surface area contributed by atoms with Crippen LogP contribution in [0.3, 0.4) is 0 Å². The second-order valence-corrected chi connectivity index (χ2v) is 13.8. The third-order valence-corrected chi connectivity index (χ3v) is 9.60. The third-order valence-electron chi connectivity index (χ3n) is 9.60. The molecule has 2 aromatic carbocycles. The van der Waals surface area contributed by atoms with Crippen molar-refractivity contribution in [1.82, 2.24) is 14.8 Å². The Labute approximate surface area is 292 Å². The maximum atomic E-state index is 15.9. The Morgan fingerprint density at radius 1 is 1.12 bits per heavy atom. The number of aromatic nitrogens is 1. The molecule has 5 rings (SSSR count). The number of carbonyl (C=O) groups is 2. The average molecular weight is 714 g/mol. The monoisotopic (exact) mass is 713 g/mol. The number of morpholine rings is 1. The summed E-state index contributed by atoms with van der Waals surface area (Å²) in [5.74, 6) is -1.72. The van der Waals surface area contributed by atoms with E-state index < -0.39 is 59.3 Å². The first-order chi connectivity index (χ1) is 24.0. The number of ether oxygens (including phenoxy) is 1. The van der Waals surface area contributed by atoms with Crippen LogP contribution in [0.4, 0.5) is 22.0 Å². The van der Waals surface area contributed by atoms with Gasteiger partial charge in [-0.25, -0.2) is 8.78 Å². The van der Waals surface area contributed by atoms with Crippen LogP contribution in [0.15, 0.2) is 41.3 Å². The van der Waals surface area contributed by atoms with E-state index in [1.54, 1.807) is 27.7 Å². The first-order valence-corrected chi connectivity index (χ1v) is 16.7. The van der Waals surface area contributed by atoms with E-state index in [0.29, 0.717) is 41.5 Å². The lowest BCUT2D eigenvalue weighted by molar-refractivity contribution is -0.139. The van der Waals surface area contributed by atoms with Gasteiger partial charge in [-0.1, -0.05) is 19.8 Å². The number of carboxylic acid groups (broad SMARTS) is 1. The first kappa shape index (κ1) is 37.7. The summed E-state index contributed by atoms with van der Waals surface area (Å²) in [4.78, 5) is 41.6. The van der Waals surface area contributed by atoms with E-state index in [9.17, 15) is 37.1 Å². The predicted molar refractivity (Wildman–Crippen MR) is 180 cm³/mol. The van der Waals surface area contributed by atoms with Crippen molar-refractivity contribution in [2.24, 2.45) is 5.92 Å². The number of carbonyl (C=O) groups excluding carboxylic acids is 1. The van der Waals surface area contributed by atoms with Gasteiger partial charge >= 0.3 is 12.1 Å². The number of carboxylic acids is 1. The summed E-state index contributed by atoms with van der Waals surface area (Å²) in [7, 11) is 0. The van der Waals surface area contributed by atoms with Crippen LogP contribution in [0.25, 0.3) is 11.1 Å². The summed E-state index contributed by atoms with van der Waals surface area (Å²) in [5, 5.41) is 12.4. The largest absolute Gasteiger partial charge is 0.481 e. The summed E-state index contributed by atoms with van der Waals surface area (Å²) < 4.78 is 79.2. The van der Waals surface area contributed by atoms with Crippen molar-refractivity contribution < 1.29 is 41.4 Å². The summed E-state index contributed by atoms with van der Waals surface area (Å²) >= 11 is 0. The Balaban J connectivity index is 1.54. The van der Waals surface area contributed by atoms with E-state index in [0.717, 1.165) is 17.2 Å². The first-order valence-electron chi connectivity index (χ1n) is 16.7. The van der Waals surface area contributed by atoms with Gasteiger partial charge in [-0.2, -0.15) is 13.2 Å². The SMILES string of the molecule is C#Cc1cc(-c2c(C)cc(F)cc2C)cc(C(CC(=O)O)NC(=O)C(CC(C)C)n2cc(CCN3C[C@H]4C[C@@H]3CO4)c(C(F)(F)F)cc2=O)c1F. The maximum Gasteiger partial charge on any atom is 0.416 e. The van der Waals surface area contributed by atoms with Gasteiger partial charge in [-0.05, 0) is 91.1 Å². The molecule has 2 aliphatic rings. The average Bonchev–Trinajstić information content (AvgIpc) is 3.66. The zero-order valence-corrected chi connectivity index (χ0v) is 28.7. The Kier molecular flexibility index (Phi) is 11.1. The van der Waals surface area contributed by atoms with Gasteiger partial charge in [-0.15, -0.1) is 6.42 Å². The highest BCUT2D eigenvalue weighted by Crippen LogP contribution is 2.36. The number of hydrogen-bond acceptors (Lipinski definition) is 5. The van der Waals surface area contributed by atoms with Crippen molar-refractivity contribution in [1.29, 1.82) is 0 Å². The fourth-order valence-corrected chi connectivity index (χ4v) is 7.31. The molecule has 0 radical (unpaired) electrons. The van der Waals surface area contributed by atoms with Crippen molar-refractivity contribution in [3.63, 3.8) is 0 Å². The van der Waals surface area contributed by atoms with Gasteiger partial charge in [-0.3, -0.25) is 19.3 Å². The van der Waals surface area contributed by atoms with Crippen molar-refractivity contribution in [3.8, 4) is 23.5 Å². The molecule has 0 aliphatic carbocycles. The number of benzene rings is 2. The zero-order chi connectivity index (χ0) is 37.4. The van der Waals surface area contributed by atoms with Gasteiger partial charge in [0.05, 0.1) is 36.3 Å². The number of nitrogens with one attached hydrogen (secondary N) is 1. The molecular weight excluding hydrogens is 673 g/mol. The molecule has 8 nitrogen and oxygen atoms in total. The molecule has 1 amide bonds. The van der Waals surface area contributed by atoms with E-state index in [2.05, 4.69) is 16.1 Å². The van der Waals surface area contributed by atoms with Gasteiger partial charge in [0.15, 0.2) is 0 Å². The Morgan fingerprint density at radius 2 is 1.80 bits per heavy atom. The van der Waals surface area contributed by atoms with Crippen LogP contribution in [0, 0.1) is 43.7 Å². The van der Waals surface area contributed by atoms with Crippen LogP contribution in [0.2, 0.25) is 0 Å². The molecule has 2 N–H and O–H groups in total. The highest BCUT2D eigenvalue weighted by molar-refractivity contribution is 5.82. The topological polar surface area (TPSA) is 101 Å². The highest BCUT2D eigenvalue weighted by Gasteiger charge is 2.40. The number of aliphatic carboxylic acids is 1. The number of amides is 1. The number of nitrogens with zero attached hydrogens (tertiary/aromatic N) is 2. The molecule has 51 heavy (non-hydrogen) atoms. The summed E-state index contributed by atoms with van der Waals surface area (Å²) in [6.45, 7) is 8.19. The maximum absolute atomic E-state index is 15.9. The van der Waals surface area contributed by atoms with E-state index >= 15 is 4.39 Å². The molecule has 0 saturated carbocycles. The van der Waals surface area contributed by atoms with Crippen LogP contribution < -0.4 is 10.9 Å². The fraction of sp³-hybridized carbons (Fsp3) is 0.447. The molecule has 2 fully saturated rings. The molecule has 1 aromatic heterocycles. The van der Waals surface area contributed by atoms with Crippen LogP contribution in [0.1, 0.15) is 78.6 Å². The van der Waals surface area contributed by atoms with Gasteiger partial charge in [0.25, 0.3) is 5.56 Å². The number of pyridine rings is 1. The van der Waals surface area contributed by atoms with Crippen LogP contribution in [-0.4, -0.2) is 58.3 Å². The number of halogens is 5. The number of terminal acetylenes is 1. The third kappa shape index (κ3) is 8.34. The molecule has 2 unspecified atom stereocenters. The standard InChI is InChI=1S/C38H40F5N3O5/c1-6-23-12-25(35-21(4)10-26(39)11-22(35)5)13-29(36(23)40)31(16-34(48)49)44-37(50)32(9-20(2)3)46-17-24(30(15-33(46)47)38(41,42)43)7-8-45-18-28-14-27(45)19-51-28/h1,10-13,15,17,20,27-28,31-32H,7-9,14,16,18-19H2,2-5H3,(H,44,50)(H,48,49)/t27-,28-,31?,32?/m1/s1. The van der Waals surface area contributed by atoms with Crippen molar-refractivity contribution >= 4 is 11.9 Å². The highest BCUT2D eigenvalue weighted by atomic mass is 19.4. The number of fused-ring (bicyclic) bond motifs is 2. The van der Waals surface area contributed by atoms with Gasteiger partial charge in [0.2, 0.25) is 5.91 Å². The molecule has 0 spiro atoms. The number of likely N-dealkylation sites (tertiary alicyclic amines) is 1. The molecule has 2 aliphatic heterocycles. The lowest BCUT2D eigenvalue weighted by Crippen LogP contribution is -2.41. The number of aryl methyl sites for hydroxylation is 2. The molecule has 3 heterocycles. The predicted octanol–water partition coefficient (Wildman–Crippen LogP) is 6.35. The number of rotatable bonds is 12. The lowest BCUT2D eigenvalue weighted by Gasteiger charge is -2.28. The van der Waals surface area contributed by atoms with Crippen LogP contribution in [-0.2, 0) is 26.9 Å². The molecule has 2 bridgehead atoms. The molecule has 4 atom stereocenters. The Bertz CT molecular complexity index is 1910. The number of alkyl halides is 3. The fourth-order valence-electron chi connectivity index (χ4n) is 7.31. The van der Waals surface area contributed by atoms with Gasteiger partial charge < -0.3 is 19.7 Å². The van der Waals surface area contributed by atoms with Crippen molar-refractivity contribution in [2.75, 3.05) is 19.7 Å². The molecule has 3 aromatic rings.